The third-order valence-electron chi connectivity index (χ3n) is 6.53. The lowest BCUT2D eigenvalue weighted by Gasteiger charge is -2.35. The van der Waals surface area contributed by atoms with Crippen LogP contribution in [0.5, 0.6) is 34.5 Å². The van der Waals surface area contributed by atoms with Gasteiger partial charge in [-0.05, 0) is 30.0 Å². The quantitative estimate of drug-likeness (QED) is 0.604. The third-order valence-corrected chi connectivity index (χ3v) is 6.53. The molecular formula is C25H30O8. The van der Waals surface area contributed by atoms with E-state index in [2.05, 4.69) is 13.8 Å². The Morgan fingerprint density at radius 3 is 2.21 bits per heavy atom. The molecule has 3 atom stereocenters. The molecule has 1 aliphatic heterocycles. The number of esters is 1. The summed E-state index contributed by atoms with van der Waals surface area (Å²) in [5, 5.41) is 0. The van der Waals surface area contributed by atoms with Crippen molar-refractivity contribution in [3.05, 3.63) is 23.3 Å². The molecule has 0 amide bonds. The number of benzene rings is 2. The first-order valence-electron chi connectivity index (χ1n) is 10.9. The number of carbonyl (C=O) groups excluding carboxylic acids is 1. The van der Waals surface area contributed by atoms with Gasteiger partial charge in [0.1, 0.15) is 6.10 Å². The molecule has 33 heavy (non-hydrogen) atoms. The van der Waals surface area contributed by atoms with Crippen molar-refractivity contribution in [3.63, 3.8) is 0 Å². The highest BCUT2D eigenvalue weighted by Gasteiger charge is 2.39. The van der Waals surface area contributed by atoms with E-state index < -0.39 is 6.10 Å². The number of hydrogen-bond acceptors (Lipinski definition) is 8. The van der Waals surface area contributed by atoms with Gasteiger partial charge in [-0.1, -0.05) is 13.8 Å². The summed E-state index contributed by atoms with van der Waals surface area (Å²) in [6.45, 7) is 5.76. The average Bonchev–Trinajstić information content (AvgIpc) is 3.27. The molecule has 0 saturated carbocycles. The molecule has 4 rings (SSSR count). The number of hydrogen-bond donors (Lipinski definition) is 0. The lowest BCUT2D eigenvalue weighted by Crippen LogP contribution is -2.26. The Hall–Kier alpha value is -3.29. The molecule has 1 heterocycles. The minimum atomic E-state index is -0.538. The minimum absolute atomic E-state index is 0.0000231. The Kier molecular flexibility index (Phi) is 6.19. The summed E-state index contributed by atoms with van der Waals surface area (Å²) >= 11 is 0. The van der Waals surface area contributed by atoms with Gasteiger partial charge in [0.05, 0.1) is 28.4 Å². The molecule has 0 saturated heterocycles. The standard InChI is InChI=1S/C25H30O8/c1-12-8-15-9-18-23(32-11-31-18)24(29-6)19(15)20-16(21(13(12)2)33-14(3)26)10-17(27-4)22(28-5)25(20)30-7/h9-10,12-13,21H,8,11H2,1-7H3/t12?,13?,21-/m1/s1. The molecule has 0 N–H and O–H groups in total. The van der Waals surface area contributed by atoms with Crippen LogP contribution < -0.4 is 28.4 Å². The number of rotatable bonds is 5. The predicted octanol–water partition coefficient (Wildman–Crippen LogP) is 4.55. The van der Waals surface area contributed by atoms with E-state index in [0.717, 1.165) is 16.7 Å². The Bertz CT molecular complexity index is 1080. The maximum absolute atomic E-state index is 12.2. The molecule has 8 heteroatoms. The largest absolute Gasteiger partial charge is 0.493 e. The maximum Gasteiger partial charge on any atom is 0.303 e. The van der Waals surface area contributed by atoms with Crippen molar-refractivity contribution in [1.29, 1.82) is 0 Å². The van der Waals surface area contributed by atoms with Crippen molar-refractivity contribution >= 4 is 5.97 Å². The van der Waals surface area contributed by atoms with Crippen molar-refractivity contribution in [3.8, 4) is 45.6 Å². The topological polar surface area (TPSA) is 81.7 Å². The Balaban J connectivity index is 2.17. The van der Waals surface area contributed by atoms with E-state index >= 15 is 0 Å². The van der Waals surface area contributed by atoms with Crippen molar-refractivity contribution in [1.82, 2.24) is 0 Å². The van der Waals surface area contributed by atoms with Gasteiger partial charge in [-0.2, -0.15) is 0 Å². The molecule has 0 aromatic heterocycles. The summed E-state index contributed by atoms with van der Waals surface area (Å²) in [5.74, 6) is 2.90. The van der Waals surface area contributed by atoms with Crippen LogP contribution in [0.4, 0.5) is 0 Å². The molecule has 0 spiro atoms. The number of ether oxygens (including phenoxy) is 7. The number of carbonyl (C=O) groups is 1. The highest BCUT2D eigenvalue weighted by molar-refractivity contribution is 5.89. The van der Waals surface area contributed by atoms with Crippen LogP contribution in [0.25, 0.3) is 11.1 Å². The molecule has 2 aliphatic rings. The van der Waals surface area contributed by atoms with Crippen LogP contribution in [0.3, 0.4) is 0 Å². The molecule has 0 bridgehead atoms. The number of fused-ring (bicyclic) bond motifs is 4. The second-order valence-corrected chi connectivity index (χ2v) is 8.36. The van der Waals surface area contributed by atoms with Gasteiger partial charge >= 0.3 is 5.97 Å². The lowest BCUT2D eigenvalue weighted by molar-refractivity contribution is -0.150. The molecule has 0 fully saturated rings. The molecule has 2 unspecified atom stereocenters. The summed E-state index contributed by atoms with van der Waals surface area (Å²) in [7, 11) is 6.29. The van der Waals surface area contributed by atoms with Gasteiger partial charge in [0.25, 0.3) is 0 Å². The smallest absolute Gasteiger partial charge is 0.303 e. The lowest BCUT2D eigenvalue weighted by atomic mass is 9.76. The van der Waals surface area contributed by atoms with Crippen molar-refractivity contribution in [2.45, 2.75) is 33.3 Å². The second-order valence-electron chi connectivity index (χ2n) is 8.36. The Morgan fingerprint density at radius 2 is 1.61 bits per heavy atom. The van der Waals surface area contributed by atoms with Gasteiger partial charge in [0.15, 0.2) is 23.0 Å². The van der Waals surface area contributed by atoms with Crippen LogP contribution in [0.2, 0.25) is 0 Å². The second kappa shape index (κ2) is 8.92. The Morgan fingerprint density at radius 1 is 0.909 bits per heavy atom. The summed E-state index contributed by atoms with van der Waals surface area (Å²) in [6.07, 6.45) is 0.169. The van der Waals surface area contributed by atoms with Crippen molar-refractivity contribution in [2.75, 3.05) is 35.2 Å². The summed E-state index contributed by atoms with van der Waals surface area (Å²) < 4.78 is 40.4. The van der Waals surface area contributed by atoms with E-state index in [-0.39, 0.29) is 24.6 Å². The normalized spacial score (nSPS) is 20.6. The van der Waals surface area contributed by atoms with Crippen LogP contribution in [0, 0.1) is 11.8 Å². The molecule has 2 aromatic rings. The molecule has 1 aliphatic carbocycles. The first kappa shape index (κ1) is 22.9. The van der Waals surface area contributed by atoms with Gasteiger partial charge in [-0.15, -0.1) is 0 Å². The van der Waals surface area contributed by atoms with Crippen LogP contribution in [-0.4, -0.2) is 41.2 Å². The fraction of sp³-hybridized carbons (Fsp3) is 0.480. The van der Waals surface area contributed by atoms with Crippen molar-refractivity contribution < 1.29 is 38.0 Å². The first-order valence-corrected chi connectivity index (χ1v) is 10.9. The third kappa shape index (κ3) is 3.67. The molecule has 0 radical (unpaired) electrons. The highest BCUT2D eigenvalue weighted by atomic mass is 16.7. The molecule has 2 aromatic carbocycles. The zero-order valence-corrected chi connectivity index (χ0v) is 20.1. The summed E-state index contributed by atoms with van der Waals surface area (Å²) in [4.78, 5) is 12.2. The van der Waals surface area contributed by atoms with Gasteiger partial charge in [-0.3, -0.25) is 4.79 Å². The summed E-state index contributed by atoms with van der Waals surface area (Å²) in [5.41, 5.74) is 3.27. The highest BCUT2D eigenvalue weighted by Crippen LogP contribution is 2.58. The van der Waals surface area contributed by atoms with Crippen LogP contribution in [0.1, 0.15) is 38.0 Å². The van der Waals surface area contributed by atoms with E-state index in [1.165, 1.54) is 6.92 Å². The van der Waals surface area contributed by atoms with Crippen molar-refractivity contribution in [2.24, 2.45) is 11.8 Å². The van der Waals surface area contributed by atoms with E-state index in [4.69, 9.17) is 33.2 Å². The SMILES string of the molecule is COc1cc2c(c(OC)c1OC)-c1c(cc3c(c1OC)OCO3)CC(C)C(C)[C@H]2OC(C)=O. The molecular weight excluding hydrogens is 428 g/mol. The molecule has 8 nitrogen and oxygen atoms in total. The fourth-order valence-corrected chi connectivity index (χ4v) is 4.81. The first-order chi connectivity index (χ1) is 15.9. The van der Waals surface area contributed by atoms with Gasteiger partial charge in [-0.25, -0.2) is 0 Å². The average molecular weight is 459 g/mol. The van der Waals surface area contributed by atoms with E-state index in [0.29, 0.717) is 46.5 Å². The zero-order chi connectivity index (χ0) is 23.9. The van der Waals surface area contributed by atoms with Crippen LogP contribution >= 0.6 is 0 Å². The zero-order valence-electron chi connectivity index (χ0n) is 20.1. The summed E-state index contributed by atoms with van der Waals surface area (Å²) in [6, 6.07) is 3.85. The van der Waals surface area contributed by atoms with E-state index in [1.807, 2.05) is 12.1 Å². The molecule has 178 valence electrons. The van der Waals surface area contributed by atoms with Crippen LogP contribution in [-0.2, 0) is 16.0 Å². The van der Waals surface area contributed by atoms with Crippen LogP contribution in [0.15, 0.2) is 12.1 Å². The maximum atomic E-state index is 12.2. The predicted molar refractivity (Wildman–Crippen MR) is 121 cm³/mol. The minimum Gasteiger partial charge on any atom is -0.493 e. The van der Waals surface area contributed by atoms with Gasteiger partial charge in [0, 0.05) is 29.5 Å². The Labute approximate surface area is 193 Å². The number of methoxy groups -OCH3 is 4. The van der Waals surface area contributed by atoms with Gasteiger partial charge in [0.2, 0.25) is 18.3 Å². The van der Waals surface area contributed by atoms with Gasteiger partial charge < -0.3 is 33.2 Å². The van der Waals surface area contributed by atoms with E-state index in [9.17, 15) is 4.79 Å². The monoisotopic (exact) mass is 458 g/mol. The fourth-order valence-electron chi connectivity index (χ4n) is 4.81. The van der Waals surface area contributed by atoms with E-state index in [1.54, 1.807) is 28.4 Å².